The fourth-order valence-electron chi connectivity index (χ4n) is 2.79. The van der Waals surface area contributed by atoms with Gasteiger partial charge in [-0.25, -0.2) is 0 Å². The van der Waals surface area contributed by atoms with Crippen LogP contribution in [-0.4, -0.2) is 36.3 Å². The summed E-state index contributed by atoms with van der Waals surface area (Å²) in [4.78, 5) is 2.34. The molecule has 0 spiro atoms. The Hall–Kier alpha value is -1.14. The highest BCUT2D eigenvalue weighted by molar-refractivity contribution is 5.49. The molecule has 1 heterocycles. The zero-order chi connectivity index (χ0) is 16.5. The standard InChI is InChI=1S/C17H29N3O2/c1-16(2,18)13-9-12(11-20-5-7-22-8-6-20)10-14(15(13)21)17(3,4)19/h9-10,21H,5-8,11,18-19H2,1-4H3. The summed E-state index contributed by atoms with van der Waals surface area (Å²) in [5, 5.41) is 10.6. The number of aromatic hydroxyl groups is 1. The van der Waals surface area contributed by atoms with Gasteiger partial charge in [-0.1, -0.05) is 0 Å². The number of nitrogens with zero attached hydrogens (tertiary/aromatic N) is 1. The molecule has 0 amide bonds. The molecular formula is C17H29N3O2. The zero-order valence-electron chi connectivity index (χ0n) is 14.1. The molecule has 2 rings (SSSR count). The van der Waals surface area contributed by atoms with Crippen molar-refractivity contribution in [2.24, 2.45) is 11.5 Å². The first-order chi connectivity index (χ1) is 10.1. The molecule has 1 aromatic rings. The topological polar surface area (TPSA) is 84.7 Å². The fraction of sp³-hybridized carbons (Fsp3) is 0.647. The van der Waals surface area contributed by atoms with Crippen molar-refractivity contribution in [1.29, 1.82) is 0 Å². The Balaban J connectivity index is 2.41. The van der Waals surface area contributed by atoms with Gasteiger partial charge in [-0.3, -0.25) is 4.90 Å². The first kappa shape index (κ1) is 17.2. The number of morpholine rings is 1. The lowest BCUT2D eigenvalue weighted by Crippen LogP contribution is -2.36. The predicted molar refractivity (Wildman–Crippen MR) is 88.6 cm³/mol. The molecule has 0 bridgehead atoms. The molecule has 1 saturated heterocycles. The Morgan fingerprint density at radius 1 is 1.05 bits per heavy atom. The van der Waals surface area contributed by atoms with Crippen molar-refractivity contribution in [3.8, 4) is 5.75 Å². The summed E-state index contributed by atoms with van der Waals surface area (Å²) < 4.78 is 5.39. The summed E-state index contributed by atoms with van der Waals surface area (Å²) in [7, 11) is 0. The van der Waals surface area contributed by atoms with Gasteiger partial charge in [-0.05, 0) is 45.4 Å². The molecule has 5 N–H and O–H groups in total. The Kier molecular flexibility index (Phi) is 4.82. The number of hydrogen-bond acceptors (Lipinski definition) is 5. The van der Waals surface area contributed by atoms with Crippen molar-refractivity contribution < 1.29 is 9.84 Å². The molecule has 0 aromatic heterocycles. The molecule has 1 aliphatic rings. The molecule has 0 atom stereocenters. The molecule has 0 unspecified atom stereocenters. The third-order valence-electron chi connectivity index (χ3n) is 4.07. The second-order valence-corrected chi connectivity index (χ2v) is 7.37. The molecule has 0 aliphatic carbocycles. The quantitative estimate of drug-likeness (QED) is 0.787. The highest BCUT2D eigenvalue weighted by Crippen LogP contribution is 2.36. The third kappa shape index (κ3) is 3.98. The Labute approximate surface area is 133 Å². The van der Waals surface area contributed by atoms with Crippen LogP contribution in [0.15, 0.2) is 12.1 Å². The largest absolute Gasteiger partial charge is 0.507 e. The number of hydrogen-bond donors (Lipinski definition) is 3. The maximum absolute atomic E-state index is 10.6. The minimum atomic E-state index is -0.620. The molecule has 0 radical (unpaired) electrons. The van der Waals surface area contributed by atoms with Crippen LogP contribution in [0.1, 0.15) is 44.4 Å². The van der Waals surface area contributed by atoms with Gasteiger partial charge >= 0.3 is 0 Å². The minimum absolute atomic E-state index is 0.214. The predicted octanol–water partition coefficient (Wildman–Crippen LogP) is 1.61. The summed E-state index contributed by atoms with van der Waals surface area (Å²) in [5.41, 5.74) is 13.8. The van der Waals surface area contributed by atoms with E-state index in [9.17, 15) is 5.11 Å². The molecule has 5 nitrogen and oxygen atoms in total. The van der Waals surface area contributed by atoms with E-state index >= 15 is 0 Å². The number of phenols is 1. The van der Waals surface area contributed by atoms with Gasteiger partial charge in [0.05, 0.1) is 13.2 Å². The van der Waals surface area contributed by atoms with E-state index in [4.69, 9.17) is 16.2 Å². The highest BCUT2D eigenvalue weighted by Gasteiger charge is 2.27. The van der Waals surface area contributed by atoms with Crippen LogP contribution in [0.3, 0.4) is 0 Å². The maximum atomic E-state index is 10.6. The van der Waals surface area contributed by atoms with Crippen LogP contribution in [0, 0.1) is 0 Å². The van der Waals surface area contributed by atoms with Crippen molar-refractivity contribution in [2.45, 2.75) is 45.3 Å². The monoisotopic (exact) mass is 307 g/mol. The van der Waals surface area contributed by atoms with Gasteiger partial charge in [0.15, 0.2) is 0 Å². The lowest BCUT2D eigenvalue weighted by Gasteiger charge is -2.30. The van der Waals surface area contributed by atoms with Gasteiger partial charge in [0.2, 0.25) is 0 Å². The van der Waals surface area contributed by atoms with Crippen molar-refractivity contribution in [2.75, 3.05) is 26.3 Å². The zero-order valence-corrected chi connectivity index (χ0v) is 14.1. The summed E-state index contributed by atoms with van der Waals surface area (Å²) in [5.74, 6) is 0.214. The Bertz CT molecular complexity index is 489. The van der Waals surface area contributed by atoms with Gasteiger partial charge in [-0.15, -0.1) is 0 Å². The Morgan fingerprint density at radius 2 is 1.50 bits per heavy atom. The first-order valence-electron chi connectivity index (χ1n) is 7.84. The van der Waals surface area contributed by atoms with Crippen LogP contribution >= 0.6 is 0 Å². The molecule has 1 aromatic carbocycles. The van der Waals surface area contributed by atoms with Crippen LogP contribution in [0.5, 0.6) is 5.75 Å². The Morgan fingerprint density at radius 3 is 1.91 bits per heavy atom. The van der Waals surface area contributed by atoms with Gasteiger partial charge in [0.25, 0.3) is 0 Å². The molecular weight excluding hydrogens is 278 g/mol. The fourth-order valence-corrected chi connectivity index (χ4v) is 2.79. The van der Waals surface area contributed by atoms with Gasteiger partial charge in [-0.2, -0.15) is 0 Å². The number of phenolic OH excluding ortho intramolecular Hbond substituents is 1. The molecule has 124 valence electrons. The van der Waals surface area contributed by atoms with Crippen LogP contribution < -0.4 is 11.5 Å². The number of rotatable bonds is 4. The van der Waals surface area contributed by atoms with E-state index in [1.54, 1.807) is 0 Å². The van der Waals surface area contributed by atoms with Crippen LogP contribution in [0.25, 0.3) is 0 Å². The lowest BCUT2D eigenvalue weighted by molar-refractivity contribution is 0.0341. The summed E-state index contributed by atoms with van der Waals surface area (Å²) in [6, 6.07) is 4.00. The van der Waals surface area contributed by atoms with Crippen molar-refractivity contribution >= 4 is 0 Å². The summed E-state index contributed by atoms with van der Waals surface area (Å²) in [6.07, 6.45) is 0. The van der Waals surface area contributed by atoms with Gasteiger partial charge in [0, 0.05) is 41.8 Å². The summed E-state index contributed by atoms with van der Waals surface area (Å²) in [6.45, 7) is 11.8. The smallest absolute Gasteiger partial charge is 0.125 e. The molecule has 5 heteroatoms. The third-order valence-corrected chi connectivity index (χ3v) is 4.07. The van der Waals surface area contributed by atoms with E-state index in [1.165, 1.54) is 0 Å². The van der Waals surface area contributed by atoms with Crippen molar-refractivity contribution in [3.05, 3.63) is 28.8 Å². The van der Waals surface area contributed by atoms with Crippen molar-refractivity contribution in [3.63, 3.8) is 0 Å². The summed E-state index contributed by atoms with van der Waals surface area (Å²) >= 11 is 0. The number of nitrogens with two attached hydrogens (primary N) is 2. The van der Waals surface area contributed by atoms with Crippen LogP contribution in [0.4, 0.5) is 0 Å². The molecule has 22 heavy (non-hydrogen) atoms. The van der Waals surface area contributed by atoms with Crippen LogP contribution in [0.2, 0.25) is 0 Å². The van der Waals surface area contributed by atoms with E-state index in [2.05, 4.69) is 4.90 Å². The normalized spacial score (nSPS) is 17.7. The lowest BCUT2D eigenvalue weighted by atomic mass is 9.85. The first-order valence-corrected chi connectivity index (χ1v) is 7.84. The maximum Gasteiger partial charge on any atom is 0.125 e. The molecule has 1 aliphatic heterocycles. The van der Waals surface area contributed by atoms with Gasteiger partial charge < -0.3 is 21.3 Å². The molecule has 1 fully saturated rings. The van der Waals surface area contributed by atoms with Gasteiger partial charge in [0.1, 0.15) is 5.75 Å². The van der Waals surface area contributed by atoms with E-state index in [-0.39, 0.29) is 5.75 Å². The van der Waals surface area contributed by atoms with E-state index in [0.717, 1.165) is 49.5 Å². The average Bonchev–Trinajstić information content (AvgIpc) is 2.39. The van der Waals surface area contributed by atoms with Crippen LogP contribution in [-0.2, 0) is 22.4 Å². The SMILES string of the molecule is CC(C)(N)c1cc(CN2CCOCC2)cc(C(C)(C)N)c1O. The minimum Gasteiger partial charge on any atom is -0.507 e. The second kappa shape index (κ2) is 6.16. The van der Waals surface area contributed by atoms with E-state index in [0.29, 0.717) is 0 Å². The molecule has 0 saturated carbocycles. The number of ether oxygens (including phenoxy) is 1. The van der Waals surface area contributed by atoms with Crippen molar-refractivity contribution in [1.82, 2.24) is 4.90 Å². The number of benzene rings is 1. The average molecular weight is 307 g/mol. The second-order valence-electron chi connectivity index (χ2n) is 7.37. The van der Waals surface area contributed by atoms with E-state index in [1.807, 2.05) is 39.8 Å². The highest BCUT2D eigenvalue weighted by atomic mass is 16.5. The van der Waals surface area contributed by atoms with E-state index < -0.39 is 11.1 Å².